The molecule has 0 aliphatic carbocycles. The molecule has 3 heterocycles. The first-order chi connectivity index (χ1) is 17.8. The number of quaternary nitrogens is 1. The lowest BCUT2D eigenvalue weighted by molar-refractivity contribution is -0.539. The van der Waals surface area contributed by atoms with Crippen molar-refractivity contribution in [2.45, 2.75) is 26.8 Å². The van der Waals surface area contributed by atoms with Crippen LogP contribution in [0.3, 0.4) is 0 Å². The molecule has 0 saturated carbocycles. The van der Waals surface area contributed by atoms with Crippen molar-refractivity contribution in [1.29, 1.82) is 5.41 Å². The van der Waals surface area contributed by atoms with E-state index in [0.29, 0.717) is 34.2 Å². The number of aromatic nitrogens is 4. The van der Waals surface area contributed by atoms with Gasteiger partial charge in [0.25, 0.3) is 0 Å². The monoisotopic (exact) mass is 493 g/mol. The van der Waals surface area contributed by atoms with E-state index in [9.17, 15) is 4.79 Å². The fourth-order valence-electron chi connectivity index (χ4n) is 3.90. The molecule has 186 valence electrons. The van der Waals surface area contributed by atoms with Crippen LogP contribution in [0.5, 0.6) is 0 Å². The average Bonchev–Trinajstić information content (AvgIpc) is 2.90. The Labute approximate surface area is 215 Å². The molecule has 0 radical (unpaired) electrons. The number of carbonyl (C=O) groups excluding carboxylic acids is 1. The van der Waals surface area contributed by atoms with Gasteiger partial charge in [0.1, 0.15) is 29.2 Å². The van der Waals surface area contributed by atoms with E-state index < -0.39 is 6.04 Å². The molecule has 0 spiro atoms. The van der Waals surface area contributed by atoms with Crippen LogP contribution in [0.2, 0.25) is 0 Å². The van der Waals surface area contributed by atoms with Crippen LogP contribution in [-0.4, -0.2) is 51.7 Å². The molecule has 37 heavy (non-hydrogen) atoms. The summed E-state index contributed by atoms with van der Waals surface area (Å²) in [4.78, 5) is 30.3. The van der Waals surface area contributed by atoms with Crippen LogP contribution < -0.4 is 16.0 Å². The Bertz CT molecular complexity index is 1570. The van der Waals surface area contributed by atoms with Gasteiger partial charge in [-0.1, -0.05) is 12.0 Å². The number of aryl methyl sites for hydroxylation is 1. The van der Waals surface area contributed by atoms with Gasteiger partial charge in [0, 0.05) is 28.4 Å². The van der Waals surface area contributed by atoms with Crippen LogP contribution in [0, 0.1) is 24.2 Å². The number of likely N-dealkylation sites (N-methyl/N-ethyl adjacent to an activating group) is 1. The smallest absolute Gasteiger partial charge is 0.242 e. The summed E-state index contributed by atoms with van der Waals surface area (Å²) in [5, 5.41) is 17.9. The third kappa shape index (κ3) is 5.67. The lowest BCUT2D eigenvalue weighted by Gasteiger charge is -2.13. The van der Waals surface area contributed by atoms with Gasteiger partial charge >= 0.3 is 0 Å². The maximum Gasteiger partial charge on any atom is 0.242 e. The normalized spacial score (nSPS) is 11.5. The molecule has 1 atom stereocenters. The number of nitrogens with zero attached hydrogens (tertiary/aromatic N) is 4. The SMILES string of the molecule is CNC(C)C(=O)Nc1cc(-c2ncnc(C(C)=N)c2[NH2+]C)cc(C#Cc2ccc3c(C)nccc3c2)n1. The van der Waals surface area contributed by atoms with Crippen molar-refractivity contribution in [1.82, 2.24) is 25.3 Å². The van der Waals surface area contributed by atoms with Gasteiger partial charge in [0.05, 0.1) is 18.8 Å². The molecule has 0 bridgehead atoms. The summed E-state index contributed by atoms with van der Waals surface area (Å²) in [6.45, 7) is 5.44. The van der Waals surface area contributed by atoms with Crippen LogP contribution in [0.25, 0.3) is 22.0 Å². The van der Waals surface area contributed by atoms with Crippen LogP contribution in [0.15, 0.2) is 48.9 Å². The Morgan fingerprint density at radius 2 is 1.92 bits per heavy atom. The fraction of sp³-hybridized carbons (Fsp3) is 0.214. The molecule has 9 nitrogen and oxygen atoms in total. The first-order valence-corrected chi connectivity index (χ1v) is 11.9. The topological polar surface area (TPSA) is 133 Å². The Kier molecular flexibility index (Phi) is 7.63. The number of hydrogen-bond acceptors (Lipinski definition) is 7. The zero-order valence-corrected chi connectivity index (χ0v) is 21.5. The molecule has 1 unspecified atom stereocenters. The van der Waals surface area contributed by atoms with Gasteiger partial charge in [-0.3, -0.25) is 9.78 Å². The van der Waals surface area contributed by atoms with Gasteiger partial charge in [0.15, 0.2) is 5.69 Å². The Hall–Kier alpha value is -4.52. The zero-order chi connectivity index (χ0) is 26.5. The van der Waals surface area contributed by atoms with Gasteiger partial charge in [-0.05, 0) is 69.5 Å². The molecule has 5 N–H and O–H groups in total. The predicted molar refractivity (Wildman–Crippen MR) is 145 cm³/mol. The summed E-state index contributed by atoms with van der Waals surface area (Å²) < 4.78 is 0. The van der Waals surface area contributed by atoms with E-state index in [1.165, 1.54) is 6.33 Å². The van der Waals surface area contributed by atoms with Crippen molar-refractivity contribution >= 4 is 33.9 Å². The molecule has 4 aromatic rings. The number of pyridine rings is 2. The number of amides is 1. The number of benzene rings is 1. The quantitative estimate of drug-likeness (QED) is 0.241. The standard InChI is InChI=1S/C28H28N8O/c1-16(29)25-27(31-5)26(34-15-33-25)21-13-22(35-24(14-21)36-28(37)18(3)30-4)8-6-19-7-9-23-17(2)32-11-10-20(23)12-19/h7,9-15,18,29-31H,1-5H3,(H,35,36,37)/p+1. The van der Waals surface area contributed by atoms with Gasteiger partial charge in [-0.25, -0.2) is 15.0 Å². The van der Waals surface area contributed by atoms with Crippen LogP contribution in [0.4, 0.5) is 11.5 Å². The first-order valence-electron chi connectivity index (χ1n) is 11.9. The highest BCUT2D eigenvalue weighted by molar-refractivity contribution is 6.00. The second kappa shape index (κ2) is 11.0. The Morgan fingerprint density at radius 1 is 1.11 bits per heavy atom. The van der Waals surface area contributed by atoms with E-state index in [1.54, 1.807) is 33.2 Å². The average molecular weight is 494 g/mol. The highest BCUT2D eigenvalue weighted by atomic mass is 16.2. The molecule has 0 fully saturated rings. The van der Waals surface area contributed by atoms with Crippen LogP contribution in [-0.2, 0) is 4.79 Å². The third-order valence-electron chi connectivity index (χ3n) is 6.00. The van der Waals surface area contributed by atoms with Crippen molar-refractivity contribution in [2.24, 2.45) is 0 Å². The Balaban J connectivity index is 1.81. The molecule has 9 heteroatoms. The molecule has 4 rings (SSSR count). The highest BCUT2D eigenvalue weighted by Gasteiger charge is 2.19. The largest absolute Gasteiger partial charge is 0.312 e. The maximum atomic E-state index is 12.6. The second-order valence-electron chi connectivity index (χ2n) is 8.61. The van der Waals surface area contributed by atoms with Gasteiger partial charge in [-0.15, -0.1) is 0 Å². The minimum atomic E-state index is -0.402. The van der Waals surface area contributed by atoms with E-state index in [2.05, 4.69) is 42.4 Å². The van der Waals surface area contributed by atoms with Crippen molar-refractivity contribution in [3.05, 3.63) is 71.6 Å². The zero-order valence-electron chi connectivity index (χ0n) is 21.5. The molecule has 0 aliphatic heterocycles. The number of rotatable bonds is 6. The van der Waals surface area contributed by atoms with Gasteiger partial charge in [-0.2, -0.15) is 0 Å². The van der Waals surface area contributed by atoms with Crippen molar-refractivity contribution in [3.63, 3.8) is 0 Å². The van der Waals surface area contributed by atoms with E-state index in [4.69, 9.17) is 5.41 Å². The first kappa shape index (κ1) is 25.6. The lowest BCUT2D eigenvalue weighted by atomic mass is 10.1. The Morgan fingerprint density at radius 3 is 2.65 bits per heavy atom. The molecule has 1 amide bonds. The maximum absolute atomic E-state index is 12.6. The minimum absolute atomic E-state index is 0.217. The van der Waals surface area contributed by atoms with Gasteiger partial charge < -0.3 is 21.4 Å². The molecule has 0 aliphatic rings. The van der Waals surface area contributed by atoms with E-state index >= 15 is 0 Å². The van der Waals surface area contributed by atoms with Crippen LogP contribution in [0.1, 0.15) is 36.5 Å². The number of carbonyl (C=O) groups is 1. The summed E-state index contributed by atoms with van der Waals surface area (Å²) in [7, 11) is 3.60. The number of nitrogens with one attached hydrogen (secondary N) is 3. The lowest BCUT2D eigenvalue weighted by Crippen LogP contribution is -2.73. The van der Waals surface area contributed by atoms with Crippen molar-refractivity contribution < 1.29 is 10.1 Å². The highest BCUT2D eigenvalue weighted by Crippen LogP contribution is 2.27. The summed E-state index contributed by atoms with van der Waals surface area (Å²) in [5.74, 6) is 6.48. The fourth-order valence-corrected chi connectivity index (χ4v) is 3.90. The number of anilines is 1. The number of fused-ring (bicyclic) bond motifs is 1. The third-order valence-corrected chi connectivity index (χ3v) is 6.00. The van der Waals surface area contributed by atoms with Crippen LogP contribution >= 0.6 is 0 Å². The second-order valence-corrected chi connectivity index (χ2v) is 8.61. The molecule has 1 aromatic carbocycles. The van der Waals surface area contributed by atoms with E-state index in [1.807, 2.05) is 49.6 Å². The minimum Gasteiger partial charge on any atom is -0.312 e. The molecule has 3 aromatic heterocycles. The number of nitrogens with two attached hydrogens (primary N) is 1. The van der Waals surface area contributed by atoms with E-state index in [-0.39, 0.29) is 5.91 Å². The van der Waals surface area contributed by atoms with Crippen molar-refractivity contribution in [3.8, 4) is 23.1 Å². The summed E-state index contributed by atoms with van der Waals surface area (Å²) in [5.41, 5.74) is 5.25. The molecular formula is C28H29N8O+. The predicted octanol–water partition coefficient (Wildman–Crippen LogP) is 2.55. The molecule has 0 saturated heterocycles. The number of hydrogen-bond donors (Lipinski definition) is 4. The summed E-state index contributed by atoms with van der Waals surface area (Å²) >= 11 is 0. The summed E-state index contributed by atoms with van der Waals surface area (Å²) in [6.07, 6.45) is 3.23. The van der Waals surface area contributed by atoms with E-state index in [0.717, 1.165) is 27.7 Å². The van der Waals surface area contributed by atoms with Gasteiger partial charge in [0.2, 0.25) is 5.91 Å². The summed E-state index contributed by atoms with van der Waals surface area (Å²) in [6, 6.07) is 11.1. The molecular weight excluding hydrogens is 464 g/mol. The van der Waals surface area contributed by atoms with Crippen molar-refractivity contribution in [2.75, 3.05) is 19.4 Å².